The van der Waals surface area contributed by atoms with Crippen LogP contribution in [0.1, 0.15) is 25.3 Å². The summed E-state index contributed by atoms with van der Waals surface area (Å²) in [4.78, 5) is 4.07. The number of hydrogen-bond donors (Lipinski definition) is 1. The fraction of sp³-hybridized carbons (Fsp3) is 0.647. The molecule has 0 aliphatic carbocycles. The Kier molecular flexibility index (Phi) is 5.03. The predicted molar refractivity (Wildman–Crippen MR) is 87.5 cm³/mol. The van der Waals surface area contributed by atoms with E-state index in [0.29, 0.717) is 0 Å². The minimum absolute atomic E-state index is 0.739. The molecule has 0 radical (unpaired) electrons. The van der Waals surface area contributed by atoms with Gasteiger partial charge in [-0.2, -0.15) is 0 Å². The first-order valence-corrected chi connectivity index (χ1v) is 8.90. The molecule has 2 aliphatic rings. The van der Waals surface area contributed by atoms with Crippen LogP contribution in [0.25, 0.3) is 0 Å². The van der Waals surface area contributed by atoms with Gasteiger partial charge < -0.3 is 10.2 Å². The third kappa shape index (κ3) is 3.57. The van der Waals surface area contributed by atoms with Gasteiger partial charge >= 0.3 is 0 Å². The van der Waals surface area contributed by atoms with Gasteiger partial charge in [0.15, 0.2) is 0 Å². The van der Waals surface area contributed by atoms with Crippen molar-refractivity contribution < 1.29 is 0 Å². The number of thioether (sulfide) groups is 1. The summed E-state index contributed by atoms with van der Waals surface area (Å²) >= 11 is 2.06. The van der Waals surface area contributed by atoms with Crippen LogP contribution in [0.2, 0.25) is 0 Å². The number of piperidine rings is 1. The molecule has 20 heavy (non-hydrogen) atoms. The second kappa shape index (κ2) is 6.97. The highest BCUT2D eigenvalue weighted by molar-refractivity contribution is 8.00. The summed E-state index contributed by atoms with van der Waals surface area (Å²) in [6, 6.07) is 8.86. The SMILES string of the molecule is CCN1CCC(CNCC2Cc3ccccc3S2)CC1. The zero-order valence-electron chi connectivity index (χ0n) is 12.5. The van der Waals surface area contributed by atoms with Gasteiger partial charge in [-0.25, -0.2) is 0 Å². The number of likely N-dealkylation sites (tertiary alicyclic amines) is 1. The van der Waals surface area contributed by atoms with E-state index in [2.05, 4.69) is 53.2 Å². The van der Waals surface area contributed by atoms with Crippen molar-refractivity contribution in [2.45, 2.75) is 36.3 Å². The number of rotatable bonds is 5. The first-order valence-electron chi connectivity index (χ1n) is 8.02. The summed E-state index contributed by atoms with van der Waals surface area (Å²) in [5.41, 5.74) is 1.54. The summed E-state index contributed by atoms with van der Waals surface area (Å²) in [5, 5.41) is 4.46. The lowest BCUT2D eigenvalue weighted by Gasteiger charge is -2.31. The van der Waals surface area contributed by atoms with E-state index in [4.69, 9.17) is 0 Å². The Morgan fingerprint density at radius 1 is 1.20 bits per heavy atom. The average molecular weight is 290 g/mol. The maximum atomic E-state index is 3.73. The number of benzene rings is 1. The van der Waals surface area contributed by atoms with Gasteiger partial charge in [0.1, 0.15) is 0 Å². The minimum Gasteiger partial charge on any atom is -0.315 e. The zero-order chi connectivity index (χ0) is 13.8. The Labute approximate surface area is 127 Å². The van der Waals surface area contributed by atoms with Crippen molar-refractivity contribution in [3.8, 4) is 0 Å². The second-order valence-electron chi connectivity index (χ2n) is 6.09. The fourth-order valence-corrected chi connectivity index (χ4v) is 4.61. The Hall–Kier alpha value is -0.510. The van der Waals surface area contributed by atoms with E-state index in [9.17, 15) is 0 Å². The lowest BCUT2D eigenvalue weighted by atomic mass is 9.97. The van der Waals surface area contributed by atoms with Crippen molar-refractivity contribution in [3.63, 3.8) is 0 Å². The molecule has 3 rings (SSSR count). The molecule has 1 unspecified atom stereocenters. The highest BCUT2D eigenvalue weighted by Gasteiger charge is 2.22. The molecule has 1 aromatic carbocycles. The van der Waals surface area contributed by atoms with Crippen LogP contribution in [0, 0.1) is 5.92 Å². The van der Waals surface area contributed by atoms with Crippen LogP contribution in [-0.2, 0) is 6.42 Å². The molecule has 2 aliphatic heterocycles. The predicted octanol–water partition coefficient (Wildman–Crippen LogP) is 3.02. The first kappa shape index (κ1) is 14.4. The molecule has 1 aromatic rings. The maximum absolute atomic E-state index is 3.73. The van der Waals surface area contributed by atoms with Crippen molar-refractivity contribution in [2.24, 2.45) is 5.92 Å². The van der Waals surface area contributed by atoms with Gasteiger partial charge in [-0.15, -0.1) is 11.8 Å². The Balaban J connectivity index is 1.36. The van der Waals surface area contributed by atoms with Crippen LogP contribution in [-0.4, -0.2) is 42.9 Å². The van der Waals surface area contributed by atoms with Gasteiger partial charge in [-0.1, -0.05) is 25.1 Å². The highest BCUT2D eigenvalue weighted by Crippen LogP contribution is 2.36. The Bertz CT molecular complexity index is 402. The average Bonchev–Trinajstić information content (AvgIpc) is 2.90. The summed E-state index contributed by atoms with van der Waals surface area (Å²) in [6.07, 6.45) is 3.99. The molecule has 1 saturated heterocycles. The third-order valence-corrected chi connectivity index (χ3v) is 5.99. The Morgan fingerprint density at radius 2 is 2.00 bits per heavy atom. The second-order valence-corrected chi connectivity index (χ2v) is 7.43. The molecule has 1 N–H and O–H groups in total. The van der Waals surface area contributed by atoms with Crippen molar-refractivity contribution in [1.82, 2.24) is 10.2 Å². The number of fused-ring (bicyclic) bond motifs is 1. The molecule has 0 amide bonds. The van der Waals surface area contributed by atoms with Gasteiger partial charge in [0.2, 0.25) is 0 Å². The van der Waals surface area contributed by atoms with Gasteiger partial charge in [-0.3, -0.25) is 0 Å². The van der Waals surface area contributed by atoms with E-state index in [1.807, 2.05) is 0 Å². The zero-order valence-corrected chi connectivity index (χ0v) is 13.3. The van der Waals surface area contributed by atoms with E-state index < -0.39 is 0 Å². The number of nitrogens with zero attached hydrogens (tertiary/aromatic N) is 1. The lowest BCUT2D eigenvalue weighted by molar-refractivity contribution is 0.190. The van der Waals surface area contributed by atoms with E-state index in [0.717, 1.165) is 17.7 Å². The normalized spacial score (nSPS) is 23.9. The molecule has 2 heterocycles. The van der Waals surface area contributed by atoms with Gasteiger partial charge in [0.25, 0.3) is 0 Å². The molecule has 0 spiro atoms. The molecule has 0 aromatic heterocycles. The first-order chi connectivity index (χ1) is 9.85. The van der Waals surface area contributed by atoms with E-state index >= 15 is 0 Å². The lowest BCUT2D eigenvalue weighted by Crippen LogP contribution is -2.38. The molecule has 0 saturated carbocycles. The fourth-order valence-electron chi connectivity index (χ4n) is 3.32. The molecule has 3 heteroatoms. The van der Waals surface area contributed by atoms with Crippen LogP contribution in [0.5, 0.6) is 0 Å². The third-order valence-electron chi connectivity index (χ3n) is 4.67. The molecular weight excluding hydrogens is 264 g/mol. The number of nitrogens with one attached hydrogen (secondary N) is 1. The van der Waals surface area contributed by atoms with E-state index in [1.165, 1.54) is 50.3 Å². The van der Waals surface area contributed by atoms with Crippen molar-refractivity contribution >= 4 is 11.8 Å². The number of hydrogen-bond acceptors (Lipinski definition) is 3. The molecule has 1 atom stereocenters. The summed E-state index contributed by atoms with van der Waals surface area (Å²) in [7, 11) is 0. The topological polar surface area (TPSA) is 15.3 Å². The van der Waals surface area contributed by atoms with Crippen LogP contribution >= 0.6 is 11.8 Å². The van der Waals surface area contributed by atoms with Crippen molar-refractivity contribution in [2.75, 3.05) is 32.7 Å². The largest absolute Gasteiger partial charge is 0.315 e. The molecule has 2 nitrogen and oxygen atoms in total. The van der Waals surface area contributed by atoms with Crippen molar-refractivity contribution in [1.29, 1.82) is 0 Å². The molecular formula is C17H26N2S. The van der Waals surface area contributed by atoms with E-state index in [1.54, 1.807) is 5.56 Å². The monoisotopic (exact) mass is 290 g/mol. The molecule has 0 bridgehead atoms. The van der Waals surface area contributed by atoms with Gasteiger partial charge in [0, 0.05) is 16.7 Å². The van der Waals surface area contributed by atoms with Crippen LogP contribution in [0.4, 0.5) is 0 Å². The minimum atomic E-state index is 0.739. The van der Waals surface area contributed by atoms with Gasteiger partial charge in [0.05, 0.1) is 0 Å². The summed E-state index contributed by atoms with van der Waals surface area (Å²) in [6.45, 7) is 8.46. The summed E-state index contributed by atoms with van der Waals surface area (Å²) in [5.74, 6) is 0.895. The standard InChI is InChI=1S/C17H26N2S/c1-2-19-9-7-14(8-10-19)12-18-13-16-11-15-5-3-4-6-17(15)20-16/h3-6,14,16,18H,2,7-13H2,1H3. The molecule has 1 fully saturated rings. The smallest absolute Gasteiger partial charge is 0.0260 e. The van der Waals surface area contributed by atoms with E-state index in [-0.39, 0.29) is 0 Å². The van der Waals surface area contributed by atoms with Gasteiger partial charge in [-0.05, 0) is 63.0 Å². The molecule has 110 valence electrons. The quantitative estimate of drug-likeness (QED) is 0.897. The summed E-state index contributed by atoms with van der Waals surface area (Å²) < 4.78 is 0. The maximum Gasteiger partial charge on any atom is 0.0260 e. The van der Waals surface area contributed by atoms with Crippen LogP contribution in [0.15, 0.2) is 29.2 Å². The highest BCUT2D eigenvalue weighted by atomic mass is 32.2. The van der Waals surface area contributed by atoms with Crippen LogP contribution in [0.3, 0.4) is 0 Å². The van der Waals surface area contributed by atoms with Crippen LogP contribution < -0.4 is 5.32 Å². The van der Waals surface area contributed by atoms with Crippen molar-refractivity contribution in [3.05, 3.63) is 29.8 Å². The Morgan fingerprint density at radius 3 is 2.75 bits per heavy atom.